The predicted molar refractivity (Wildman–Crippen MR) is 109 cm³/mol. The SMILES string of the molecule is N#Cc1ccc(-c2cc(N3CCC[C@@H](NC(=O)OC4CCC4)C3)nc(N)n2)cc1F. The summed E-state index contributed by atoms with van der Waals surface area (Å²) in [4.78, 5) is 22.6. The molecule has 1 amide bonds. The van der Waals surface area contributed by atoms with Crippen LogP contribution in [0.3, 0.4) is 0 Å². The second-order valence-corrected chi connectivity index (χ2v) is 7.66. The highest BCUT2D eigenvalue weighted by atomic mass is 19.1. The molecule has 0 radical (unpaired) electrons. The summed E-state index contributed by atoms with van der Waals surface area (Å²) >= 11 is 0. The number of nitrogens with one attached hydrogen (secondary N) is 1. The predicted octanol–water partition coefficient (Wildman–Crippen LogP) is 2.98. The molecule has 156 valence electrons. The van der Waals surface area contributed by atoms with Crippen molar-refractivity contribution in [3.05, 3.63) is 35.6 Å². The standard InChI is InChI=1S/C21H23FN6O2/c22-17-9-13(6-7-14(17)11-23)18-10-19(27-20(24)26-18)28-8-2-3-15(12-28)25-21(29)30-16-4-1-5-16/h6-7,9-10,15-16H,1-5,8,12H2,(H,25,29)(H2,24,26,27)/t15-/m1/s1. The highest BCUT2D eigenvalue weighted by molar-refractivity contribution is 5.68. The van der Waals surface area contributed by atoms with Crippen LogP contribution in [0, 0.1) is 17.1 Å². The Morgan fingerprint density at radius 3 is 2.80 bits per heavy atom. The Morgan fingerprint density at radius 2 is 2.10 bits per heavy atom. The molecular weight excluding hydrogens is 387 g/mol. The Kier molecular flexibility index (Phi) is 5.65. The highest BCUT2D eigenvalue weighted by Crippen LogP contribution is 2.26. The molecule has 0 unspecified atom stereocenters. The van der Waals surface area contributed by atoms with E-state index >= 15 is 0 Å². The van der Waals surface area contributed by atoms with Gasteiger partial charge in [-0.3, -0.25) is 0 Å². The lowest BCUT2D eigenvalue weighted by Gasteiger charge is -2.34. The van der Waals surface area contributed by atoms with E-state index < -0.39 is 5.82 Å². The van der Waals surface area contributed by atoms with Gasteiger partial charge in [-0.15, -0.1) is 0 Å². The van der Waals surface area contributed by atoms with Gasteiger partial charge in [-0.25, -0.2) is 14.2 Å². The molecule has 9 heteroatoms. The van der Waals surface area contributed by atoms with E-state index in [0.29, 0.717) is 23.6 Å². The fourth-order valence-corrected chi connectivity index (χ4v) is 3.67. The third kappa shape index (κ3) is 4.43. The first kappa shape index (κ1) is 19.9. The van der Waals surface area contributed by atoms with E-state index in [9.17, 15) is 9.18 Å². The lowest BCUT2D eigenvalue weighted by atomic mass is 9.96. The molecule has 0 bridgehead atoms. The van der Waals surface area contributed by atoms with Crippen molar-refractivity contribution in [2.75, 3.05) is 23.7 Å². The number of amides is 1. The Labute approximate surface area is 173 Å². The third-order valence-electron chi connectivity index (χ3n) is 5.51. The molecule has 2 aromatic rings. The second-order valence-electron chi connectivity index (χ2n) is 7.66. The number of carbonyl (C=O) groups excluding carboxylic acids is 1. The number of hydrogen-bond donors (Lipinski definition) is 2. The van der Waals surface area contributed by atoms with Gasteiger partial charge < -0.3 is 20.7 Å². The molecule has 1 aliphatic heterocycles. The molecule has 2 heterocycles. The largest absolute Gasteiger partial charge is 0.446 e. The molecule has 1 aromatic carbocycles. The van der Waals surface area contributed by atoms with E-state index in [-0.39, 0.29) is 29.8 Å². The molecular formula is C21H23FN6O2. The van der Waals surface area contributed by atoms with Crippen molar-refractivity contribution in [1.82, 2.24) is 15.3 Å². The lowest BCUT2D eigenvalue weighted by molar-refractivity contribution is 0.0500. The van der Waals surface area contributed by atoms with Gasteiger partial charge in [0.2, 0.25) is 5.95 Å². The number of benzene rings is 1. The van der Waals surface area contributed by atoms with E-state index in [1.165, 1.54) is 12.1 Å². The highest BCUT2D eigenvalue weighted by Gasteiger charge is 2.26. The molecule has 0 spiro atoms. The molecule has 2 fully saturated rings. The van der Waals surface area contributed by atoms with Crippen LogP contribution in [0.5, 0.6) is 0 Å². The molecule has 3 N–H and O–H groups in total. The monoisotopic (exact) mass is 410 g/mol. The first-order valence-corrected chi connectivity index (χ1v) is 10.1. The molecule has 4 rings (SSSR count). The number of nitrogen functional groups attached to an aromatic ring is 1. The molecule has 1 aromatic heterocycles. The van der Waals surface area contributed by atoms with E-state index in [1.807, 2.05) is 4.90 Å². The van der Waals surface area contributed by atoms with Gasteiger partial charge in [0.1, 0.15) is 23.8 Å². The van der Waals surface area contributed by atoms with Gasteiger partial charge in [0.25, 0.3) is 0 Å². The Morgan fingerprint density at radius 1 is 1.27 bits per heavy atom. The minimum absolute atomic E-state index is 0.0280. The zero-order valence-corrected chi connectivity index (χ0v) is 16.5. The average molecular weight is 410 g/mol. The minimum atomic E-state index is -0.610. The normalized spacial score (nSPS) is 18.9. The number of hydrogen-bond acceptors (Lipinski definition) is 7. The quantitative estimate of drug-likeness (QED) is 0.796. The van der Waals surface area contributed by atoms with Crippen molar-refractivity contribution < 1.29 is 13.9 Å². The zero-order valence-electron chi connectivity index (χ0n) is 16.5. The van der Waals surface area contributed by atoms with Gasteiger partial charge in [0, 0.05) is 30.8 Å². The number of anilines is 2. The maximum absolute atomic E-state index is 14.0. The molecule has 2 aliphatic rings. The summed E-state index contributed by atoms with van der Waals surface area (Å²) in [6, 6.07) is 7.80. The third-order valence-corrected chi connectivity index (χ3v) is 5.51. The summed E-state index contributed by atoms with van der Waals surface area (Å²) in [6.45, 7) is 1.32. The maximum Gasteiger partial charge on any atom is 0.407 e. The summed E-state index contributed by atoms with van der Waals surface area (Å²) in [5.41, 5.74) is 6.86. The van der Waals surface area contributed by atoms with Crippen LogP contribution in [0.2, 0.25) is 0 Å². The maximum atomic E-state index is 14.0. The van der Waals surface area contributed by atoms with E-state index in [2.05, 4.69) is 15.3 Å². The number of piperidine rings is 1. The number of carbonyl (C=O) groups is 1. The fourth-order valence-electron chi connectivity index (χ4n) is 3.67. The first-order chi connectivity index (χ1) is 14.5. The number of rotatable bonds is 4. The molecule has 8 nitrogen and oxygen atoms in total. The van der Waals surface area contributed by atoms with Crippen LogP contribution < -0.4 is 16.0 Å². The first-order valence-electron chi connectivity index (χ1n) is 10.1. The topological polar surface area (TPSA) is 117 Å². The number of ether oxygens (including phenoxy) is 1. The van der Waals surface area contributed by atoms with Gasteiger partial charge in [0.15, 0.2) is 0 Å². The van der Waals surface area contributed by atoms with Gasteiger partial charge in [-0.05, 0) is 44.2 Å². The zero-order chi connectivity index (χ0) is 21.1. The van der Waals surface area contributed by atoms with Crippen molar-refractivity contribution in [2.45, 2.75) is 44.2 Å². The molecule has 1 saturated heterocycles. The number of nitrogens with zero attached hydrogens (tertiary/aromatic N) is 4. The summed E-state index contributed by atoms with van der Waals surface area (Å²) in [6.07, 6.45) is 4.37. The smallest absolute Gasteiger partial charge is 0.407 e. The van der Waals surface area contributed by atoms with Crippen LogP contribution in [0.1, 0.15) is 37.7 Å². The molecule has 1 atom stereocenters. The van der Waals surface area contributed by atoms with E-state index in [0.717, 1.165) is 38.6 Å². The van der Waals surface area contributed by atoms with Crippen LogP contribution in [0.15, 0.2) is 24.3 Å². The van der Waals surface area contributed by atoms with Gasteiger partial charge in [-0.2, -0.15) is 10.2 Å². The molecule has 1 saturated carbocycles. The number of alkyl carbamates (subject to hydrolysis) is 1. The van der Waals surface area contributed by atoms with Crippen LogP contribution in [-0.2, 0) is 4.74 Å². The molecule has 1 aliphatic carbocycles. The Balaban J connectivity index is 1.48. The second kappa shape index (κ2) is 8.53. The fraction of sp³-hybridized carbons (Fsp3) is 0.429. The van der Waals surface area contributed by atoms with Crippen molar-refractivity contribution in [1.29, 1.82) is 5.26 Å². The number of nitriles is 1. The minimum Gasteiger partial charge on any atom is -0.446 e. The number of nitrogens with two attached hydrogens (primary N) is 1. The van der Waals surface area contributed by atoms with Crippen molar-refractivity contribution in [3.63, 3.8) is 0 Å². The Bertz CT molecular complexity index is 988. The lowest BCUT2D eigenvalue weighted by Crippen LogP contribution is -2.49. The van der Waals surface area contributed by atoms with Gasteiger partial charge in [-0.1, -0.05) is 6.07 Å². The molecule has 30 heavy (non-hydrogen) atoms. The van der Waals surface area contributed by atoms with Gasteiger partial charge >= 0.3 is 6.09 Å². The van der Waals surface area contributed by atoms with Crippen molar-refractivity contribution >= 4 is 17.9 Å². The summed E-state index contributed by atoms with van der Waals surface area (Å²) in [5, 5.41) is 11.9. The number of halogens is 1. The van der Waals surface area contributed by atoms with Crippen LogP contribution in [0.25, 0.3) is 11.3 Å². The van der Waals surface area contributed by atoms with E-state index in [4.69, 9.17) is 15.7 Å². The summed E-state index contributed by atoms with van der Waals surface area (Å²) < 4.78 is 19.4. The summed E-state index contributed by atoms with van der Waals surface area (Å²) in [5.74, 6) is 0.0776. The van der Waals surface area contributed by atoms with Crippen LogP contribution in [0.4, 0.5) is 21.0 Å². The van der Waals surface area contributed by atoms with Crippen LogP contribution in [-0.4, -0.2) is 41.3 Å². The van der Waals surface area contributed by atoms with Crippen LogP contribution >= 0.6 is 0 Å². The van der Waals surface area contributed by atoms with Crippen molar-refractivity contribution in [3.8, 4) is 17.3 Å². The number of aromatic nitrogens is 2. The average Bonchev–Trinajstić information content (AvgIpc) is 2.70. The Hall–Kier alpha value is -3.41. The summed E-state index contributed by atoms with van der Waals surface area (Å²) in [7, 11) is 0. The van der Waals surface area contributed by atoms with E-state index in [1.54, 1.807) is 18.2 Å². The van der Waals surface area contributed by atoms with Gasteiger partial charge in [0.05, 0.1) is 11.3 Å². The van der Waals surface area contributed by atoms with Crippen molar-refractivity contribution in [2.24, 2.45) is 0 Å².